The van der Waals surface area contributed by atoms with Crippen molar-refractivity contribution in [2.24, 2.45) is 0 Å². The van der Waals surface area contributed by atoms with Gasteiger partial charge in [0.05, 0.1) is 23.8 Å². The molecular weight excluding hydrogens is 344 g/mol. The maximum Gasteiger partial charge on any atom is 0.293 e. The molecule has 2 aromatic carbocycles. The lowest BCUT2D eigenvalue weighted by atomic mass is 10.2. The Labute approximate surface area is 138 Å². The summed E-state index contributed by atoms with van der Waals surface area (Å²) < 4.78 is 32.2. The summed E-state index contributed by atoms with van der Waals surface area (Å²) in [6.45, 7) is 1.69. The van der Waals surface area contributed by atoms with Crippen LogP contribution in [0.1, 0.15) is 5.56 Å². The summed E-state index contributed by atoms with van der Waals surface area (Å²) >= 11 is 5.85. The Kier molecular flexibility index (Phi) is 4.76. The van der Waals surface area contributed by atoms with Crippen molar-refractivity contribution in [1.82, 2.24) is 0 Å². The van der Waals surface area contributed by atoms with E-state index in [0.29, 0.717) is 10.6 Å². The number of nitro benzene ring substituents is 1. The minimum Gasteiger partial charge on any atom is -0.497 e. The predicted octanol–water partition coefficient (Wildman–Crippen LogP) is 3.37. The first-order chi connectivity index (χ1) is 10.7. The zero-order chi connectivity index (χ0) is 17.2. The minimum absolute atomic E-state index is 0.189. The monoisotopic (exact) mass is 356 g/mol. The average Bonchev–Trinajstić information content (AvgIpc) is 2.50. The van der Waals surface area contributed by atoms with Gasteiger partial charge in [-0.05, 0) is 36.8 Å². The third kappa shape index (κ3) is 3.72. The van der Waals surface area contributed by atoms with E-state index in [9.17, 15) is 18.5 Å². The van der Waals surface area contributed by atoms with Gasteiger partial charge in [-0.25, -0.2) is 8.42 Å². The second-order valence-electron chi connectivity index (χ2n) is 4.66. The number of hydrogen-bond donors (Lipinski definition) is 1. The molecule has 0 saturated heterocycles. The number of halogens is 1. The van der Waals surface area contributed by atoms with Crippen LogP contribution in [0, 0.1) is 17.0 Å². The molecule has 2 rings (SSSR count). The van der Waals surface area contributed by atoms with Crippen LogP contribution in [0.25, 0.3) is 0 Å². The summed E-state index contributed by atoms with van der Waals surface area (Å²) in [6.07, 6.45) is 0. The smallest absolute Gasteiger partial charge is 0.293 e. The van der Waals surface area contributed by atoms with E-state index in [4.69, 9.17) is 16.3 Å². The summed E-state index contributed by atoms with van der Waals surface area (Å²) in [7, 11) is -2.82. The second kappa shape index (κ2) is 6.43. The van der Waals surface area contributed by atoms with Gasteiger partial charge in [-0.2, -0.15) is 0 Å². The fraction of sp³-hybridized carbons (Fsp3) is 0.143. The quantitative estimate of drug-likeness (QED) is 0.654. The first-order valence-corrected chi connectivity index (χ1v) is 8.22. The van der Waals surface area contributed by atoms with Gasteiger partial charge in [0.1, 0.15) is 5.75 Å². The van der Waals surface area contributed by atoms with Gasteiger partial charge < -0.3 is 4.74 Å². The maximum absolute atomic E-state index is 12.5. The zero-order valence-electron chi connectivity index (χ0n) is 12.2. The molecule has 9 heteroatoms. The molecule has 0 saturated carbocycles. The fourth-order valence-electron chi connectivity index (χ4n) is 1.90. The van der Waals surface area contributed by atoms with E-state index in [-0.39, 0.29) is 11.4 Å². The Balaban J connectivity index is 2.51. The largest absolute Gasteiger partial charge is 0.497 e. The molecule has 0 aromatic heterocycles. The van der Waals surface area contributed by atoms with Gasteiger partial charge in [-0.15, -0.1) is 0 Å². The van der Waals surface area contributed by atoms with Gasteiger partial charge in [0.2, 0.25) is 0 Å². The number of methoxy groups -OCH3 is 1. The first kappa shape index (κ1) is 17.0. The van der Waals surface area contributed by atoms with E-state index in [0.717, 1.165) is 12.1 Å². The molecule has 7 nitrogen and oxygen atoms in total. The molecule has 0 fully saturated rings. The molecule has 23 heavy (non-hydrogen) atoms. The van der Waals surface area contributed by atoms with E-state index in [1.807, 2.05) is 0 Å². The van der Waals surface area contributed by atoms with E-state index in [1.54, 1.807) is 19.1 Å². The molecule has 0 amide bonds. The summed E-state index contributed by atoms with van der Waals surface area (Å²) in [5.41, 5.74) is 0.313. The highest BCUT2D eigenvalue weighted by molar-refractivity contribution is 7.92. The lowest BCUT2D eigenvalue weighted by Crippen LogP contribution is -2.15. The van der Waals surface area contributed by atoms with Gasteiger partial charge in [-0.1, -0.05) is 17.7 Å². The van der Waals surface area contributed by atoms with Crippen LogP contribution in [-0.4, -0.2) is 20.5 Å². The topological polar surface area (TPSA) is 98.5 Å². The fourth-order valence-corrected chi connectivity index (χ4v) is 3.35. The molecule has 0 unspecified atom stereocenters. The molecule has 0 atom stereocenters. The molecule has 0 heterocycles. The van der Waals surface area contributed by atoms with Gasteiger partial charge in [0.25, 0.3) is 15.7 Å². The van der Waals surface area contributed by atoms with Crippen molar-refractivity contribution < 1.29 is 18.1 Å². The maximum atomic E-state index is 12.5. The summed E-state index contributed by atoms with van der Waals surface area (Å²) in [5.74, 6) is 0.189. The molecule has 122 valence electrons. The van der Waals surface area contributed by atoms with Gasteiger partial charge in [0.15, 0.2) is 4.90 Å². The standard InChI is InChI=1S/C14H13ClN2O5S/c1-9-3-4-10(15)7-12(9)16-23(20,21)14-6-5-11(22-2)8-13(14)17(18)19/h3-8,16H,1-2H3. The SMILES string of the molecule is COc1ccc(S(=O)(=O)Nc2cc(Cl)ccc2C)c([N+](=O)[O-])c1. The van der Waals surface area contributed by atoms with Crippen molar-refractivity contribution in [3.63, 3.8) is 0 Å². The van der Waals surface area contributed by atoms with Crippen LogP contribution in [0.4, 0.5) is 11.4 Å². The number of rotatable bonds is 5. The van der Waals surface area contributed by atoms with Crippen LogP contribution in [0.3, 0.4) is 0 Å². The first-order valence-electron chi connectivity index (χ1n) is 6.36. The lowest BCUT2D eigenvalue weighted by molar-refractivity contribution is -0.387. The number of anilines is 1. The van der Waals surface area contributed by atoms with Crippen molar-refractivity contribution in [3.8, 4) is 5.75 Å². The van der Waals surface area contributed by atoms with Crippen LogP contribution in [0.5, 0.6) is 5.75 Å². The van der Waals surface area contributed by atoms with E-state index in [1.165, 1.54) is 19.2 Å². The highest BCUT2D eigenvalue weighted by atomic mass is 35.5. The summed E-state index contributed by atoms with van der Waals surface area (Å²) in [6, 6.07) is 8.21. The molecule has 0 aliphatic carbocycles. The Morgan fingerprint density at radius 3 is 2.52 bits per heavy atom. The van der Waals surface area contributed by atoms with Gasteiger partial charge in [0, 0.05) is 5.02 Å². The number of nitro groups is 1. The molecule has 0 aliphatic heterocycles. The van der Waals surface area contributed by atoms with Crippen molar-refractivity contribution in [2.45, 2.75) is 11.8 Å². The van der Waals surface area contributed by atoms with Crippen molar-refractivity contribution in [3.05, 3.63) is 57.1 Å². The Bertz CT molecular complexity index is 867. The molecule has 0 spiro atoms. The number of hydrogen-bond acceptors (Lipinski definition) is 5. The van der Waals surface area contributed by atoms with E-state index >= 15 is 0 Å². The number of benzene rings is 2. The second-order valence-corrected chi connectivity index (χ2v) is 6.74. The summed E-state index contributed by atoms with van der Waals surface area (Å²) in [5, 5.41) is 11.5. The van der Waals surface area contributed by atoms with Crippen molar-refractivity contribution >= 4 is 33.0 Å². The number of nitrogens with one attached hydrogen (secondary N) is 1. The van der Waals surface area contributed by atoms with Crippen LogP contribution in [0.2, 0.25) is 5.02 Å². The summed E-state index contributed by atoms with van der Waals surface area (Å²) in [4.78, 5) is 9.91. The molecule has 0 radical (unpaired) electrons. The highest BCUT2D eigenvalue weighted by Crippen LogP contribution is 2.31. The van der Waals surface area contributed by atoms with E-state index < -0.39 is 25.5 Å². The average molecular weight is 357 g/mol. The van der Waals surface area contributed by atoms with Crippen LogP contribution < -0.4 is 9.46 Å². The molecule has 1 N–H and O–H groups in total. The third-order valence-corrected chi connectivity index (χ3v) is 4.74. The Morgan fingerprint density at radius 1 is 1.22 bits per heavy atom. The van der Waals surface area contributed by atoms with Gasteiger partial charge >= 0.3 is 0 Å². The number of aryl methyl sites for hydroxylation is 1. The minimum atomic E-state index is -4.16. The third-order valence-electron chi connectivity index (χ3n) is 3.10. The number of sulfonamides is 1. The van der Waals surface area contributed by atoms with Crippen molar-refractivity contribution in [2.75, 3.05) is 11.8 Å². The predicted molar refractivity (Wildman–Crippen MR) is 86.6 cm³/mol. The van der Waals surface area contributed by atoms with Crippen molar-refractivity contribution in [1.29, 1.82) is 0 Å². The highest BCUT2D eigenvalue weighted by Gasteiger charge is 2.27. The molecule has 2 aromatic rings. The van der Waals surface area contributed by atoms with Gasteiger partial charge in [-0.3, -0.25) is 14.8 Å². The molecule has 0 bridgehead atoms. The molecular formula is C14H13ClN2O5S. The zero-order valence-corrected chi connectivity index (χ0v) is 13.8. The lowest BCUT2D eigenvalue weighted by Gasteiger charge is -2.11. The number of ether oxygens (including phenoxy) is 1. The Hall–Kier alpha value is -2.32. The molecule has 0 aliphatic rings. The normalized spacial score (nSPS) is 11.1. The number of nitrogens with zero attached hydrogens (tertiary/aromatic N) is 1. The van der Waals surface area contributed by atoms with Crippen LogP contribution in [-0.2, 0) is 10.0 Å². The van der Waals surface area contributed by atoms with Crippen LogP contribution >= 0.6 is 11.6 Å². The van der Waals surface area contributed by atoms with E-state index in [2.05, 4.69) is 4.72 Å². The van der Waals surface area contributed by atoms with Crippen LogP contribution in [0.15, 0.2) is 41.3 Å². The Morgan fingerprint density at radius 2 is 1.91 bits per heavy atom.